The van der Waals surface area contributed by atoms with Crippen LogP contribution in [0, 0.1) is 33.7 Å². The van der Waals surface area contributed by atoms with Crippen molar-refractivity contribution in [1.82, 2.24) is 0 Å². The van der Waals surface area contributed by atoms with Crippen molar-refractivity contribution in [1.29, 1.82) is 0 Å². The van der Waals surface area contributed by atoms with Gasteiger partial charge in [0, 0.05) is 53.7 Å². The Labute approximate surface area is 371 Å². The molecule has 5 aromatic carbocycles. The summed E-state index contributed by atoms with van der Waals surface area (Å²) in [6.07, 6.45) is 9.11. The summed E-state index contributed by atoms with van der Waals surface area (Å²) >= 11 is 1.68. The maximum atomic E-state index is 14.8. The molecule has 0 bridgehead atoms. The largest absolute Gasteiger partial charge is 0.489 e. The molecule has 0 unspecified atom stereocenters. The van der Waals surface area contributed by atoms with Gasteiger partial charge in [0.1, 0.15) is 30.5 Å². The van der Waals surface area contributed by atoms with E-state index in [2.05, 4.69) is 43.0 Å². The number of nitro groups is 1. The maximum absolute atomic E-state index is 14.8. The molecule has 63 heavy (non-hydrogen) atoms. The van der Waals surface area contributed by atoms with Crippen LogP contribution >= 0.6 is 11.8 Å². The molecule has 5 aromatic rings. The molecule has 10 nitrogen and oxygen atoms in total. The molecule has 8 rings (SSSR count). The molecule has 2 aliphatic carbocycles. The number of ether oxygens (including phenoxy) is 3. The molecule has 0 spiro atoms. The molecule has 12 heteroatoms. The minimum absolute atomic E-state index is 0.000632. The molecule has 328 valence electrons. The fourth-order valence-electron chi connectivity index (χ4n) is 9.59. The van der Waals surface area contributed by atoms with Gasteiger partial charge >= 0.3 is 0 Å². The first-order chi connectivity index (χ1) is 30.8. The number of fused-ring (bicyclic) bond motifs is 3. The van der Waals surface area contributed by atoms with E-state index in [9.17, 15) is 24.7 Å². The number of nitrogens with zero attached hydrogens (tertiary/aromatic N) is 2. The highest BCUT2D eigenvalue weighted by molar-refractivity contribution is 8.00. The van der Waals surface area contributed by atoms with Gasteiger partial charge in [0.2, 0.25) is 5.79 Å². The van der Waals surface area contributed by atoms with Crippen LogP contribution in [-0.2, 0) is 22.8 Å². The summed E-state index contributed by atoms with van der Waals surface area (Å²) in [6, 6.07) is 33.4. The lowest BCUT2D eigenvalue weighted by atomic mass is 9.56. The van der Waals surface area contributed by atoms with Crippen molar-refractivity contribution in [3.05, 3.63) is 166 Å². The summed E-state index contributed by atoms with van der Waals surface area (Å²) < 4.78 is 35.5. The molecule has 0 aromatic heterocycles. The number of benzene rings is 5. The van der Waals surface area contributed by atoms with Gasteiger partial charge in [-0.3, -0.25) is 10.1 Å². The molecule has 3 aliphatic rings. The Kier molecular flexibility index (Phi) is 14.2. The van der Waals surface area contributed by atoms with Crippen molar-refractivity contribution < 1.29 is 38.6 Å². The molecular formula is C51H53FN2O8S. The van der Waals surface area contributed by atoms with Crippen molar-refractivity contribution in [2.75, 3.05) is 19.8 Å². The molecule has 0 saturated heterocycles. The minimum Gasteiger partial charge on any atom is -0.489 e. The Morgan fingerprint density at radius 1 is 0.905 bits per heavy atom. The number of hydrogen-bond acceptors (Lipinski definition) is 10. The SMILES string of the molecule is C=CCO[C@@]12Oc3ccc(OCc4ccccc4F)cc3[C@H]3[C@H](CCCCO)[C@@H](CCCCO)C=C(C(=NOCc4ccc([N+](=O)[O-])cc4)C[C@@H]1Sc1ccc4ccccc4c1)[C@H]32. The van der Waals surface area contributed by atoms with Crippen LogP contribution in [0.2, 0.25) is 0 Å². The predicted molar refractivity (Wildman–Crippen MR) is 243 cm³/mol. The van der Waals surface area contributed by atoms with E-state index in [1.165, 1.54) is 18.2 Å². The van der Waals surface area contributed by atoms with Gasteiger partial charge < -0.3 is 29.3 Å². The number of unbranched alkanes of at least 4 members (excludes halogenated alkanes) is 2. The van der Waals surface area contributed by atoms with Crippen molar-refractivity contribution in [3.8, 4) is 11.5 Å². The first-order valence-electron chi connectivity index (χ1n) is 21.8. The number of aliphatic hydroxyl groups is 2. The lowest BCUT2D eigenvalue weighted by molar-refractivity contribution is -0.384. The Morgan fingerprint density at radius 3 is 2.43 bits per heavy atom. The molecule has 1 saturated carbocycles. The van der Waals surface area contributed by atoms with Crippen LogP contribution in [0.25, 0.3) is 10.8 Å². The van der Waals surface area contributed by atoms with Crippen LogP contribution in [-0.4, -0.2) is 51.7 Å². The summed E-state index contributed by atoms with van der Waals surface area (Å²) in [4.78, 5) is 18.1. The molecule has 2 N–H and O–H groups in total. The van der Waals surface area contributed by atoms with E-state index in [0.717, 1.165) is 63.8 Å². The number of allylic oxidation sites excluding steroid dienone is 1. The number of nitro benzene ring substituents is 1. The number of rotatable bonds is 20. The van der Waals surface area contributed by atoms with Crippen LogP contribution in [0.5, 0.6) is 11.5 Å². The zero-order chi connectivity index (χ0) is 43.8. The van der Waals surface area contributed by atoms with Gasteiger partial charge in [-0.2, -0.15) is 0 Å². The molecule has 0 radical (unpaired) electrons. The second-order valence-electron chi connectivity index (χ2n) is 16.4. The molecule has 1 aliphatic heterocycles. The highest BCUT2D eigenvalue weighted by Gasteiger charge is 2.64. The number of oxime groups is 1. The van der Waals surface area contributed by atoms with Crippen LogP contribution in [0.15, 0.2) is 144 Å². The van der Waals surface area contributed by atoms with Crippen LogP contribution in [0.4, 0.5) is 10.1 Å². The number of halogens is 1. The summed E-state index contributed by atoms with van der Waals surface area (Å²) in [5.41, 5.74) is 3.89. The van der Waals surface area contributed by atoms with Gasteiger partial charge in [-0.05, 0) is 108 Å². The third-order valence-electron chi connectivity index (χ3n) is 12.5. The van der Waals surface area contributed by atoms with Crippen LogP contribution in [0.3, 0.4) is 0 Å². The average Bonchev–Trinajstić information content (AvgIpc) is 3.30. The summed E-state index contributed by atoms with van der Waals surface area (Å²) in [6.45, 7) is 4.62. The number of hydrogen-bond donors (Lipinski definition) is 2. The summed E-state index contributed by atoms with van der Waals surface area (Å²) in [5, 5.41) is 38.0. The first kappa shape index (κ1) is 44.1. The van der Waals surface area contributed by atoms with Crippen molar-refractivity contribution in [3.63, 3.8) is 0 Å². The van der Waals surface area contributed by atoms with Gasteiger partial charge in [0.15, 0.2) is 0 Å². The van der Waals surface area contributed by atoms with E-state index < -0.39 is 10.7 Å². The van der Waals surface area contributed by atoms with E-state index in [0.29, 0.717) is 36.3 Å². The standard InChI is InChI=1S/C51H53FN2O8S/c1-2-27-60-51-48(63-41-23-19-35-11-3-4-12-36(35)28-41)31-46(53-61-32-34-17-20-39(21-18-34)54(57)58)43-29-37(13-7-9-25-55)42(15-8-10-26-56)49(50(43)51)44-30-40(22-24-47(44)62-51)59-33-38-14-5-6-16-45(38)52/h2-6,11-12,14,16-24,28-30,37,42,48-50,55-56H,1,7-10,13,15,25-27,31-33H2/t37-,42+,48-,49+,50+,51+/m0/s1. The highest BCUT2D eigenvalue weighted by atomic mass is 32.2. The zero-order valence-corrected chi connectivity index (χ0v) is 36.0. The van der Waals surface area contributed by atoms with E-state index in [1.807, 2.05) is 30.3 Å². The second kappa shape index (κ2) is 20.3. The molecule has 1 fully saturated rings. The number of thioether (sulfide) groups is 1. The lowest BCUT2D eigenvalue weighted by Gasteiger charge is -2.58. The Bertz CT molecular complexity index is 2460. The van der Waals surface area contributed by atoms with E-state index >= 15 is 0 Å². The van der Waals surface area contributed by atoms with Crippen LogP contribution in [0.1, 0.15) is 67.6 Å². The topological polar surface area (TPSA) is 133 Å². The van der Waals surface area contributed by atoms with E-state index in [1.54, 1.807) is 48.2 Å². The monoisotopic (exact) mass is 872 g/mol. The molecular weight excluding hydrogens is 820 g/mol. The third kappa shape index (κ3) is 9.69. The molecule has 6 atom stereocenters. The fourth-order valence-corrected chi connectivity index (χ4v) is 10.9. The second-order valence-corrected chi connectivity index (χ2v) is 17.7. The minimum atomic E-state index is -1.20. The predicted octanol–water partition coefficient (Wildman–Crippen LogP) is 11.1. The third-order valence-corrected chi connectivity index (χ3v) is 13.8. The molecule has 0 amide bonds. The van der Waals surface area contributed by atoms with Gasteiger partial charge in [-0.1, -0.05) is 78.7 Å². The maximum Gasteiger partial charge on any atom is 0.269 e. The van der Waals surface area contributed by atoms with Crippen LogP contribution < -0.4 is 9.47 Å². The normalized spacial score (nSPS) is 23.0. The first-order valence-corrected chi connectivity index (χ1v) is 22.6. The Hall–Kier alpha value is -5.53. The Morgan fingerprint density at radius 2 is 1.67 bits per heavy atom. The Balaban J connectivity index is 1.27. The summed E-state index contributed by atoms with van der Waals surface area (Å²) in [7, 11) is 0. The average molecular weight is 873 g/mol. The quantitative estimate of drug-likeness (QED) is 0.0339. The number of aliphatic hydroxyl groups excluding tert-OH is 2. The van der Waals surface area contributed by atoms with Gasteiger partial charge in [0.25, 0.3) is 5.69 Å². The van der Waals surface area contributed by atoms with Crippen molar-refractivity contribution in [2.24, 2.45) is 22.9 Å². The van der Waals surface area contributed by atoms with Crippen molar-refractivity contribution in [2.45, 2.75) is 80.0 Å². The lowest BCUT2D eigenvalue weighted by Crippen LogP contribution is -2.64. The van der Waals surface area contributed by atoms with E-state index in [4.69, 9.17) is 24.2 Å². The van der Waals surface area contributed by atoms with Gasteiger partial charge in [-0.15, -0.1) is 18.3 Å². The number of non-ortho nitro benzene ring substituents is 1. The van der Waals surface area contributed by atoms with Gasteiger partial charge in [-0.25, -0.2) is 4.39 Å². The summed E-state index contributed by atoms with van der Waals surface area (Å²) in [5.74, 6) is -0.679. The zero-order valence-electron chi connectivity index (χ0n) is 35.2. The fraction of sp³-hybridized carbons (Fsp3) is 0.353. The highest BCUT2D eigenvalue weighted by Crippen LogP contribution is 2.63. The van der Waals surface area contributed by atoms with Gasteiger partial charge in [0.05, 0.1) is 28.4 Å². The smallest absolute Gasteiger partial charge is 0.269 e. The molecule has 1 heterocycles. The van der Waals surface area contributed by atoms with E-state index in [-0.39, 0.29) is 73.5 Å². The van der Waals surface area contributed by atoms with Crippen molar-refractivity contribution >= 4 is 33.9 Å².